The van der Waals surface area contributed by atoms with Gasteiger partial charge in [0.15, 0.2) is 0 Å². The number of benzene rings is 2. The number of carbonyl (C=O) groups excluding carboxylic acids is 3. The second kappa shape index (κ2) is 8.74. The number of rotatable bonds is 5. The molecule has 0 radical (unpaired) electrons. The maximum atomic E-state index is 12.9. The highest BCUT2D eigenvalue weighted by atomic mass is 16.5. The van der Waals surface area contributed by atoms with Crippen LogP contribution in [0.15, 0.2) is 48.7 Å². The second-order valence-electron chi connectivity index (χ2n) is 9.24. The molecule has 35 heavy (non-hydrogen) atoms. The lowest BCUT2D eigenvalue weighted by molar-refractivity contribution is -0.163. The molecule has 9 nitrogen and oxygen atoms in total. The highest BCUT2D eigenvalue weighted by Gasteiger charge is 2.39. The molecule has 0 saturated carbocycles. The Bertz CT molecular complexity index is 1330. The van der Waals surface area contributed by atoms with Gasteiger partial charge in [-0.2, -0.15) is 5.01 Å². The third-order valence-corrected chi connectivity index (χ3v) is 6.79. The summed E-state index contributed by atoms with van der Waals surface area (Å²) in [5.74, 6) is 0.518. The van der Waals surface area contributed by atoms with Crippen LogP contribution in [-0.4, -0.2) is 61.8 Å². The number of imide groups is 1. The summed E-state index contributed by atoms with van der Waals surface area (Å²) in [5, 5.41) is 3.32. The van der Waals surface area contributed by atoms with Crippen molar-refractivity contribution >= 4 is 28.6 Å². The molecule has 4 heterocycles. The van der Waals surface area contributed by atoms with Crippen molar-refractivity contribution in [3.63, 3.8) is 0 Å². The topological polar surface area (TPSA) is 95.9 Å². The minimum absolute atomic E-state index is 0.0203. The van der Waals surface area contributed by atoms with Gasteiger partial charge in [0.1, 0.15) is 17.7 Å². The van der Waals surface area contributed by atoms with E-state index in [-0.39, 0.29) is 43.2 Å². The molecule has 2 fully saturated rings. The first-order chi connectivity index (χ1) is 17.0. The van der Waals surface area contributed by atoms with Crippen molar-refractivity contribution in [3.05, 3.63) is 65.6 Å². The summed E-state index contributed by atoms with van der Waals surface area (Å²) in [6.45, 7) is 2.50. The fourth-order valence-corrected chi connectivity index (χ4v) is 5.04. The van der Waals surface area contributed by atoms with Crippen LogP contribution in [0.25, 0.3) is 10.9 Å². The number of fused-ring (bicyclic) bond motifs is 2. The van der Waals surface area contributed by atoms with Crippen LogP contribution in [0.2, 0.25) is 0 Å². The standard InChI is InChI=1S/C26H25N5O4/c32-24-6-3-7-25(33)31(24)30-14-18-12-19(8-9-21(18)26(30)34)35-20-10-11-29(15-20)16-23-27-13-17-4-1-2-5-22(17)28-23/h1-2,4-5,8-9,12-13,20H,3,6-7,10-11,14-16H2/t20-/m0/s1. The summed E-state index contributed by atoms with van der Waals surface area (Å²) in [4.78, 5) is 48.9. The van der Waals surface area contributed by atoms with Gasteiger partial charge in [-0.15, -0.1) is 0 Å². The van der Waals surface area contributed by atoms with Crippen molar-refractivity contribution in [2.24, 2.45) is 0 Å². The summed E-state index contributed by atoms with van der Waals surface area (Å²) in [5.41, 5.74) is 2.21. The Morgan fingerprint density at radius 2 is 1.86 bits per heavy atom. The molecule has 0 aliphatic carbocycles. The molecule has 3 aliphatic rings. The van der Waals surface area contributed by atoms with Crippen molar-refractivity contribution in [2.45, 2.75) is 44.9 Å². The van der Waals surface area contributed by atoms with E-state index >= 15 is 0 Å². The number of ether oxygens (including phenoxy) is 1. The first-order valence-corrected chi connectivity index (χ1v) is 12.0. The van der Waals surface area contributed by atoms with Gasteiger partial charge in [-0.3, -0.25) is 19.3 Å². The third-order valence-electron chi connectivity index (χ3n) is 6.79. The van der Waals surface area contributed by atoms with Crippen LogP contribution < -0.4 is 4.74 Å². The van der Waals surface area contributed by atoms with Gasteiger partial charge in [-0.1, -0.05) is 18.2 Å². The van der Waals surface area contributed by atoms with E-state index < -0.39 is 0 Å². The van der Waals surface area contributed by atoms with Crippen LogP contribution in [0.1, 0.15) is 47.4 Å². The zero-order chi connectivity index (χ0) is 23.9. The second-order valence-corrected chi connectivity index (χ2v) is 9.24. The molecule has 0 bridgehead atoms. The van der Waals surface area contributed by atoms with Crippen LogP contribution in [0, 0.1) is 0 Å². The number of nitrogens with zero attached hydrogens (tertiary/aromatic N) is 5. The summed E-state index contributed by atoms with van der Waals surface area (Å²) >= 11 is 0. The first-order valence-electron chi connectivity index (χ1n) is 12.0. The molecule has 1 atom stereocenters. The van der Waals surface area contributed by atoms with E-state index in [2.05, 4.69) is 14.9 Å². The van der Waals surface area contributed by atoms with Gasteiger partial charge in [0.2, 0.25) is 11.8 Å². The minimum atomic E-state index is -0.322. The lowest BCUT2D eigenvalue weighted by Gasteiger charge is -2.32. The smallest absolute Gasteiger partial charge is 0.273 e. The van der Waals surface area contributed by atoms with Gasteiger partial charge in [0, 0.05) is 43.1 Å². The van der Waals surface area contributed by atoms with Gasteiger partial charge in [0.25, 0.3) is 5.91 Å². The zero-order valence-corrected chi connectivity index (χ0v) is 19.2. The minimum Gasteiger partial charge on any atom is -0.489 e. The molecular weight excluding hydrogens is 446 g/mol. The summed E-state index contributed by atoms with van der Waals surface area (Å²) < 4.78 is 6.24. The number of piperidine rings is 1. The monoisotopic (exact) mass is 471 g/mol. The van der Waals surface area contributed by atoms with Gasteiger partial charge in [-0.05, 0) is 42.7 Å². The molecule has 0 spiro atoms. The van der Waals surface area contributed by atoms with Gasteiger partial charge >= 0.3 is 0 Å². The predicted octanol–water partition coefficient (Wildman–Crippen LogP) is 2.69. The Hall–Kier alpha value is -3.85. The van der Waals surface area contributed by atoms with Crippen molar-refractivity contribution < 1.29 is 19.1 Å². The van der Waals surface area contributed by atoms with E-state index in [0.29, 0.717) is 24.3 Å². The maximum Gasteiger partial charge on any atom is 0.273 e. The number of hydrogen-bond acceptors (Lipinski definition) is 7. The van der Waals surface area contributed by atoms with Crippen LogP contribution in [0.4, 0.5) is 0 Å². The average molecular weight is 472 g/mol. The fourth-order valence-electron chi connectivity index (χ4n) is 5.04. The number of aromatic nitrogens is 2. The molecule has 178 valence electrons. The summed E-state index contributed by atoms with van der Waals surface area (Å²) in [6.07, 6.45) is 3.86. The van der Waals surface area contributed by atoms with E-state index in [9.17, 15) is 14.4 Å². The van der Waals surface area contributed by atoms with Crippen LogP contribution >= 0.6 is 0 Å². The Balaban J connectivity index is 1.10. The number of hydrogen-bond donors (Lipinski definition) is 0. The molecular formula is C26H25N5O4. The Kier molecular flexibility index (Phi) is 5.41. The van der Waals surface area contributed by atoms with Crippen molar-refractivity contribution in [3.8, 4) is 5.75 Å². The quantitative estimate of drug-likeness (QED) is 0.528. The van der Waals surface area contributed by atoms with E-state index in [1.807, 2.05) is 36.5 Å². The Morgan fingerprint density at radius 1 is 1.03 bits per heavy atom. The fraction of sp³-hybridized carbons (Fsp3) is 0.346. The van der Waals surface area contributed by atoms with E-state index in [0.717, 1.165) is 46.8 Å². The number of carbonyl (C=O) groups is 3. The van der Waals surface area contributed by atoms with Gasteiger partial charge in [-0.25, -0.2) is 15.0 Å². The van der Waals surface area contributed by atoms with Crippen LogP contribution in [0.5, 0.6) is 5.75 Å². The Morgan fingerprint density at radius 3 is 2.71 bits per heavy atom. The number of likely N-dealkylation sites (tertiary alicyclic amines) is 1. The van der Waals surface area contributed by atoms with E-state index in [4.69, 9.17) is 4.74 Å². The predicted molar refractivity (Wildman–Crippen MR) is 126 cm³/mol. The summed E-state index contributed by atoms with van der Waals surface area (Å²) in [7, 11) is 0. The lowest BCUT2D eigenvalue weighted by Crippen LogP contribution is -2.51. The van der Waals surface area contributed by atoms with Crippen LogP contribution in [-0.2, 0) is 22.7 Å². The molecule has 3 amide bonds. The largest absolute Gasteiger partial charge is 0.489 e. The van der Waals surface area contributed by atoms with E-state index in [1.165, 1.54) is 5.01 Å². The molecule has 6 rings (SSSR count). The zero-order valence-electron chi connectivity index (χ0n) is 19.2. The van der Waals surface area contributed by atoms with Gasteiger partial charge < -0.3 is 4.74 Å². The molecule has 3 aliphatic heterocycles. The van der Waals surface area contributed by atoms with Crippen molar-refractivity contribution in [2.75, 3.05) is 13.1 Å². The molecule has 0 unspecified atom stereocenters. The first kappa shape index (κ1) is 21.7. The SMILES string of the molecule is O=C1c2ccc(O[C@H]3CCN(Cc4ncc5ccccc5n4)C3)cc2CN1N1C(=O)CCCC1=O. The number of para-hydroxylation sites is 1. The third kappa shape index (κ3) is 4.12. The Labute approximate surface area is 202 Å². The van der Waals surface area contributed by atoms with Crippen LogP contribution in [0.3, 0.4) is 0 Å². The molecule has 1 aromatic heterocycles. The lowest BCUT2D eigenvalue weighted by atomic mass is 10.1. The normalized spacial score (nSPS) is 20.7. The molecule has 3 aromatic rings. The highest BCUT2D eigenvalue weighted by Crippen LogP contribution is 2.31. The summed E-state index contributed by atoms with van der Waals surface area (Å²) in [6, 6.07) is 13.3. The average Bonchev–Trinajstić information content (AvgIpc) is 3.42. The van der Waals surface area contributed by atoms with Crippen molar-refractivity contribution in [1.29, 1.82) is 0 Å². The highest BCUT2D eigenvalue weighted by molar-refractivity contribution is 6.04. The molecule has 2 aromatic carbocycles. The molecule has 2 saturated heterocycles. The van der Waals surface area contributed by atoms with E-state index in [1.54, 1.807) is 12.1 Å². The molecule has 9 heteroatoms. The van der Waals surface area contributed by atoms with Crippen molar-refractivity contribution in [1.82, 2.24) is 24.9 Å². The molecule has 0 N–H and O–H groups in total. The van der Waals surface area contributed by atoms with Gasteiger partial charge in [0.05, 0.1) is 18.6 Å². The number of amides is 3. The maximum absolute atomic E-state index is 12.9. The number of hydrazine groups is 1.